The molecule has 0 spiro atoms. The number of hydrogen-bond donors (Lipinski definition) is 1. The lowest BCUT2D eigenvalue weighted by Crippen LogP contribution is -2.15. The molecular formula is C18H16BrNO3S. The summed E-state index contributed by atoms with van der Waals surface area (Å²) in [7, 11) is 1.40. The summed E-state index contributed by atoms with van der Waals surface area (Å²) in [4.78, 5) is 13.4. The summed E-state index contributed by atoms with van der Waals surface area (Å²) in [6, 6.07) is 11.9. The minimum absolute atomic E-state index is 0.374. The van der Waals surface area contributed by atoms with E-state index in [-0.39, 0.29) is 5.97 Å². The molecule has 0 amide bonds. The van der Waals surface area contributed by atoms with Gasteiger partial charge < -0.3 is 14.2 Å². The van der Waals surface area contributed by atoms with Gasteiger partial charge in [-0.1, -0.05) is 18.2 Å². The zero-order chi connectivity index (χ0) is 16.7. The van der Waals surface area contributed by atoms with Gasteiger partial charge in [0, 0.05) is 15.3 Å². The molecule has 2 aliphatic rings. The predicted octanol–water partition coefficient (Wildman–Crippen LogP) is 4.85. The SMILES string of the molecule is COC(=O)c1c(NSc2ccccc2Br)ccc2c1OCC1CC21. The Balaban J connectivity index is 1.67. The number of anilines is 1. The van der Waals surface area contributed by atoms with E-state index < -0.39 is 0 Å². The molecule has 6 heteroatoms. The Kier molecular flexibility index (Phi) is 4.18. The van der Waals surface area contributed by atoms with Crippen LogP contribution >= 0.6 is 27.9 Å². The highest BCUT2D eigenvalue weighted by Gasteiger charge is 2.45. The standard InChI is InChI=1S/C18H16BrNO3S/c1-22-18(21)16-14(20-24-15-5-3-2-4-13(15)19)7-6-11-12-8-10(12)9-23-17(11)16/h2-7,10,12,20H,8-9H2,1H3. The Morgan fingerprint density at radius 2 is 2.17 bits per heavy atom. The number of fused-ring (bicyclic) bond motifs is 3. The largest absolute Gasteiger partial charge is 0.492 e. The van der Waals surface area contributed by atoms with E-state index in [9.17, 15) is 4.79 Å². The number of benzene rings is 2. The van der Waals surface area contributed by atoms with Crippen molar-refractivity contribution in [3.05, 3.63) is 52.0 Å². The number of ether oxygens (including phenoxy) is 2. The summed E-state index contributed by atoms with van der Waals surface area (Å²) >= 11 is 4.97. The Bertz CT molecular complexity index is 811. The van der Waals surface area contributed by atoms with Crippen molar-refractivity contribution in [2.45, 2.75) is 17.2 Å². The molecular weight excluding hydrogens is 390 g/mol. The van der Waals surface area contributed by atoms with Crippen LogP contribution in [0.4, 0.5) is 5.69 Å². The number of carbonyl (C=O) groups excluding carboxylic acids is 1. The average molecular weight is 406 g/mol. The first kappa shape index (κ1) is 15.8. The molecule has 2 unspecified atom stereocenters. The van der Waals surface area contributed by atoms with Gasteiger partial charge in [0.15, 0.2) is 0 Å². The minimum atomic E-state index is -0.374. The van der Waals surface area contributed by atoms with Crippen molar-refractivity contribution in [2.24, 2.45) is 5.92 Å². The van der Waals surface area contributed by atoms with E-state index in [1.807, 2.05) is 30.3 Å². The summed E-state index contributed by atoms with van der Waals surface area (Å²) in [6.45, 7) is 0.683. The maximum Gasteiger partial charge on any atom is 0.343 e. The van der Waals surface area contributed by atoms with Crippen LogP contribution < -0.4 is 9.46 Å². The van der Waals surface area contributed by atoms with E-state index in [1.54, 1.807) is 0 Å². The third-order valence-electron chi connectivity index (χ3n) is 4.45. The molecule has 0 saturated heterocycles. The molecule has 2 aromatic carbocycles. The van der Waals surface area contributed by atoms with Crippen LogP contribution in [-0.2, 0) is 4.74 Å². The first-order chi connectivity index (χ1) is 11.7. The fraction of sp³-hybridized carbons (Fsp3) is 0.278. The zero-order valence-corrected chi connectivity index (χ0v) is 15.4. The predicted molar refractivity (Wildman–Crippen MR) is 97.7 cm³/mol. The van der Waals surface area contributed by atoms with Gasteiger partial charge in [-0.15, -0.1) is 0 Å². The van der Waals surface area contributed by atoms with E-state index in [4.69, 9.17) is 9.47 Å². The van der Waals surface area contributed by atoms with E-state index in [1.165, 1.54) is 19.1 Å². The maximum atomic E-state index is 12.3. The summed E-state index contributed by atoms with van der Waals surface area (Å²) in [5.41, 5.74) is 2.32. The maximum absolute atomic E-state index is 12.3. The van der Waals surface area contributed by atoms with Gasteiger partial charge in [-0.25, -0.2) is 4.79 Å². The van der Waals surface area contributed by atoms with Crippen LogP contribution in [0.3, 0.4) is 0 Å². The second-order valence-electron chi connectivity index (χ2n) is 5.95. The lowest BCUT2D eigenvalue weighted by molar-refractivity contribution is 0.0596. The molecule has 0 radical (unpaired) electrons. The Labute approximate surface area is 153 Å². The number of carbonyl (C=O) groups is 1. The first-order valence-electron chi connectivity index (χ1n) is 7.74. The molecule has 1 fully saturated rings. The van der Waals surface area contributed by atoms with Crippen molar-refractivity contribution >= 4 is 39.5 Å². The quantitative estimate of drug-likeness (QED) is 0.581. The van der Waals surface area contributed by atoms with E-state index in [0.29, 0.717) is 35.4 Å². The topological polar surface area (TPSA) is 47.6 Å². The van der Waals surface area contributed by atoms with Gasteiger partial charge in [-0.2, -0.15) is 0 Å². The van der Waals surface area contributed by atoms with Crippen molar-refractivity contribution in [3.63, 3.8) is 0 Å². The van der Waals surface area contributed by atoms with Crippen molar-refractivity contribution in [1.82, 2.24) is 0 Å². The Morgan fingerprint density at radius 3 is 2.96 bits per heavy atom. The molecule has 0 bridgehead atoms. The fourth-order valence-electron chi connectivity index (χ4n) is 3.08. The van der Waals surface area contributed by atoms with Crippen molar-refractivity contribution < 1.29 is 14.3 Å². The third-order valence-corrected chi connectivity index (χ3v) is 6.30. The van der Waals surface area contributed by atoms with E-state index >= 15 is 0 Å². The molecule has 1 N–H and O–H groups in total. The monoisotopic (exact) mass is 405 g/mol. The van der Waals surface area contributed by atoms with Crippen LogP contribution in [-0.4, -0.2) is 19.7 Å². The molecule has 0 aromatic heterocycles. The Morgan fingerprint density at radius 1 is 1.33 bits per heavy atom. The second kappa shape index (κ2) is 6.33. The minimum Gasteiger partial charge on any atom is -0.492 e. The van der Waals surface area contributed by atoms with Crippen molar-refractivity contribution in [2.75, 3.05) is 18.4 Å². The number of hydrogen-bond acceptors (Lipinski definition) is 5. The molecule has 2 aromatic rings. The lowest BCUT2D eigenvalue weighted by Gasteiger charge is -2.21. The molecule has 1 heterocycles. The number of methoxy groups -OCH3 is 1. The highest BCUT2D eigenvalue weighted by atomic mass is 79.9. The fourth-order valence-corrected chi connectivity index (χ4v) is 4.31. The molecule has 1 aliphatic carbocycles. The molecule has 1 aliphatic heterocycles. The summed E-state index contributed by atoms with van der Waals surface area (Å²) < 4.78 is 15.1. The number of rotatable bonds is 4. The molecule has 124 valence electrons. The highest BCUT2D eigenvalue weighted by molar-refractivity contribution is 9.10. The van der Waals surface area contributed by atoms with E-state index in [0.717, 1.165) is 21.4 Å². The normalized spacial score (nSPS) is 20.4. The summed E-state index contributed by atoms with van der Waals surface area (Å²) in [6.07, 6.45) is 1.14. The van der Waals surface area contributed by atoms with Gasteiger partial charge in [0.25, 0.3) is 0 Å². The van der Waals surface area contributed by atoms with Gasteiger partial charge in [-0.3, -0.25) is 0 Å². The Hall–Kier alpha value is -1.66. The summed E-state index contributed by atoms with van der Waals surface area (Å²) in [5.74, 6) is 1.44. The van der Waals surface area contributed by atoms with Gasteiger partial charge in [0.2, 0.25) is 0 Å². The van der Waals surface area contributed by atoms with Crippen LogP contribution in [0.1, 0.15) is 28.3 Å². The highest BCUT2D eigenvalue weighted by Crippen LogP contribution is 2.55. The van der Waals surface area contributed by atoms with Crippen LogP contribution in [0.25, 0.3) is 0 Å². The van der Waals surface area contributed by atoms with Crippen molar-refractivity contribution in [1.29, 1.82) is 0 Å². The smallest absolute Gasteiger partial charge is 0.343 e. The molecule has 4 rings (SSSR count). The molecule has 1 saturated carbocycles. The van der Waals surface area contributed by atoms with Crippen LogP contribution in [0.2, 0.25) is 0 Å². The second-order valence-corrected chi connectivity index (χ2v) is 7.65. The molecule has 24 heavy (non-hydrogen) atoms. The number of halogens is 1. The van der Waals surface area contributed by atoms with Crippen LogP contribution in [0.15, 0.2) is 45.8 Å². The van der Waals surface area contributed by atoms with E-state index in [2.05, 4.69) is 26.7 Å². The van der Waals surface area contributed by atoms with Crippen molar-refractivity contribution in [3.8, 4) is 5.75 Å². The zero-order valence-electron chi connectivity index (χ0n) is 13.0. The van der Waals surface area contributed by atoms with Gasteiger partial charge in [-0.05, 0) is 64.0 Å². The number of nitrogens with one attached hydrogen (secondary N) is 1. The first-order valence-corrected chi connectivity index (χ1v) is 9.35. The van der Waals surface area contributed by atoms with Gasteiger partial charge in [0.1, 0.15) is 11.3 Å². The molecule has 2 atom stereocenters. The third kappa shape index (κ3) is 2.78. The van der Waals surface area contributed by atoms with Gasteiger partial charge >= 0.3 is 5.97 Å². The number of esters is 1. The molecule has 4 nitrogen and oxygen atoms in total. The van der Waals surface area contributed by atoms with Crippen LogP contribution in [0, 0.1) is 5.92 Å². The van der Waals surface area contributed by atoms with Gasteiger partial charge in [0.05, 0.1) is 19.4 Å². The summed E-state index contributed by atoms with van der Waals surface area (Å²) in [5, 5.41) is 0. The average Bonchev–Trinajstić information content (AvgIpc) is 3.39. The lowest BCUT2D eigenvalue weighted by atomic mass is 10.0. The van der Waals surface area contributed by atoms with Crippen LogP contribution in [0.5, 0.6) is 5.75 Å².